The van der Waals surface area contributed by atoms with Crippen molar-refractivity contribution in [1.29, 1.82) is 0 Å². The van der Waals surface area contributed by atoms with Crippen molar-refractivity contribution in [3.8, 4) is 9.89 Å². The van der Waals surface area contributed by atoms with E-state index in [1.54, 1.807) is 25.6 Å². The van der Waals surface area contributed by atoms with E-state index in [1.165, 1.54) is 22.9 Å². The molecule has 15 heavy (non-hydrogen) atoms. The molecule has 0 atom stereocenters. The van der Waals surface area contributed by atoms with Crippen molar-refractivity contribution in [3.05, 3.63) is 9.03 Å². The molecular weight excluding hydrogens is 320 g/mol. The number of unbranched alkanes of at least 4 members (excludes halogenated alkanes) is 1. The van der Waals surface area contributed by atoms with E-state index in [-0.39, 0.29) is 20.9 Å². The van der Waals surface area contributed by atoms with Gasteiger partial charge in [-0.1, -0.05) is 0 Å². The first-order valence-electron chi connectivity index (χ1n) is 5.13. The van der Waals surface area contributed by atoms with Crippen LogP contribution in [0, 0.1) is 9.89 Å². The third kappa shape index (κ3) is 10.7. The Morgan fingerprint density at radius 3 is 2.67 bits per heavy atom. The van der Waals surface area contributed by atoms with Crippen LogP contribution in [0.1, 0.15) is 40.0 Å². The van der Waals surface area contributed by atoms with Gasteiger partial charge in [0.2, 0.25) is 0 Å². The minimum absolute atomic E-state index is 0.387. The normalized spacial score (nSPS) is 12.2. The van der Waals surface area contributed by atoms with Gasteiger partial charge in [-0.05, 0) is 0 Å². The van der Waals surface area contributed by atoms with Gasteiger partial charge in [-0.2, -0.15) is 0 Å². The van der Waals surface area contributed by atoms with Gasteiger partial charge >= 0.3 is 109 Å². The maximum absolute atomic E-state index is 9.46. The molecular formula is C12H20OSTe. The van der Waals surface area contributed by atoms with Crippen molar-refractivity contribution < 1.29 is 5.11 Å². The second kappa shape index (κ2) is 8.54. The monoisotopic (exact) mass is 342 g/mol. The molecule has 0 aromatic heterocycles. The van der Waals surface area contributed by atoms with Crippen LogP contribution in [0.4, 0.5) is 0 Å². The van der Waals surface area contributed by atoms with Crippen LogP contribution in [0.15, 0.2) is 9.03 Å². The zero-order valence-electron chi connectivity index (χ0n) is 9.96. The molecule has 1 N–H and O–H groups in total. The fraction of sp³-hybridized carbons (Fsp3) is 0.667. The van der Waals surface area contributed by atoms with Crippen molar-refractivity contribution in [2.75, 3.05) is 6.26 Å². The van der Waals surface area contributed by atoms with Crippen molar-refractivity contribution >= 4 is 32.7 Å². The number of hydrogen-bond acceptors (Lipinski definition) is 2. The zero-order chi connectivity index (χ0) is 11.7. The number of allylic oxidation sites excluding steroid dienone is 1. The Balaban J connectivity index is 4.17. The van der Waals surface area contributed by atoms with Crippen molar-refractivity contribution in [3.63, 3.8) is 0 Å². The second-order valence-corrected chi connectivity index (χ2v) is 7.18. The predicted molar refractivity (Wildman–Crippen MR) is 71.0 cm³/mol. The van der Waals surface area contributed by atoms with E-state index in [9.17, 15) is 5.11 Å². The van der Waals surface area contributed by atoms with E-state index < -0.39 is 5.60 Å². The maximum atomic E-state index is 9.46. The molecule has 0 rings (SSSR count). The van der Waals surface area contributed by atoms with E-state index >= 15 is 0 Å². The van der Waals surface area contributed by atoms with Gasteiger partial charge in [-0.3, -0.25) is 0 Å². The summed E-state index contributed by atoms with van der Waals surface area (Å²) < 4.78 is 4.67. The molecule has 86 valence electrons. The Morgan fingerprint density at radius 2 is 2.20 bits per heavy atom. The first-order valence-corrected chi connectivity index (χ1v) is 8.74. The van der Waals surface area contributed by atoms with Gasteiger partial charge in [0.05, 0.1) is 0 Å². The molecule has 0 aromatic rings. The predicted octanol–water partition coefficient (Wildman–Crippen LogP) is 2.82. The summed E-state index contributed by atoms with van der Waals surface area (Å²) in [4.78, 5) is 0. The molecule has 0 aliphatic heterocycles. The van der Waals surface area contributed by atoms with Gasteiger partial charge in [0.15, 0.2) is 0 Å². The first kappa shape index (κ1) is 15.4. The summed E-state index contributed by atoms with van der Waals surface area (Å²) in [6.45, 7) is 5.67. The molecule has 1 nitrogen and oxygen atoms in total. The van der Waals surface area contributed by atoms with Gasteiger partial charge in [0.1, 0.15) is 0 Å². The van der Waals surface area contributed by atoms with Gasteiger partial charge in [0, 0.05) is 0 Å². The van der Waals surface area contributed by atoms with Crippen molar-refractivity contribution in [1.82, 2.24) is 0 Å². The van der Waals surface area contributed by atoms with Gasteiger partial charge < -0.3 is 0 Å². The Labute approximate surface area is 108 Å². The molecule has 0 heterocycles. The average molecular weight is 340 g/mol. The summed E-state index contributed by atoms with van der Waals surface area (Å²) in [6.07, 6.45) is 5.75. The molecule has 0 spiro atoms. The number of rotatable bonds is 5. The molecule has 0 radical (unpaired) electrons. The van der Waals surface area contributed by atoms with Crippen LogP contribution >= 0.6 is 11.8 Å². The zero-order valence-corrected chi connectivity index (χ0v) is 13.1. The summed E-state index contributed by atoms with van der Waals surface area (Å²) in [6, 6.07) is 0. The number of aliphatic hydroxyl groups is 1. The molecule has 0 unspecified atom stereocenters. The van der Waals surface area contributed by atoms with Crippen molar-refractivity contribution in [2.45, 2.75) is 45.6 Å². The summed E-state index contributed by atoms with van der Waals surface area (Å²) in [5.41, 5.74) is -0.833. The molecule has 0 fully saturated rings. The van der Waals surface area contributed by atoms with Crippen LogP contribution in [0.3, 0.4) is 0 Å². The molecule has 3 heteroatoms. The Morgan fingerprint density at radius 1 is 1.53 bits per heavy atom. The summed E-state index contributed by atoms with van der Waals surface area (Å²) >= 11 is 1.37. The molecule has 0 amide bonds. The van der Waals surface area contributed by atoms with E-state index in [0.29, 0.717) is 0 Å². The SMILES string of the molecule is CCCC/C(=C\SC)[Te]C#CC(C)(C)O. The van der Waals surface area contributed by atoms with Crippen molar-refractivity contribution in [2.24, 2.45) is 0 Å². The number of hydrogen-bond donors (Lipinski definition) is 1. The van der Waals surface area contributed by atoms with Crippen LogP contribution in [0.5, 0.6) is 0 Å². The Hall–Kier alpha value is 0.400. The molecule has 0 aliphatic rings. The second-order valence-electron chi connectivity index (χ2n) is 3.81. The topological polar surface area (TPSA) is 20.2 Å². The standard InChI is InChI=1S/C12H20OSTe/c1-5-6-7-11(10-14-4)15-9-8-12(2,3)13/h10,13H,5-7H2,1-4H3/b11-10+. The van der Waals surface area contributed by atoms with Crippen LogP contribution < -0.4 is 0 Å². The molecule has 0 saturated heterocycles. The number of thioether (sulfide) groups is 1. The fourth-order valence-electron chi connectivity index (χ4n) is 0.832. The summed E-state index contributed by atoms with van der Waals surface area (Å²) in [5, 5.41) is 11.7. The Bertz CT molecular complexity index is 255. The molecule has 0 saturated carbocycles. The van der Waals surface area contributed by atoms with Gasteiger partial charge in [0.25, 0.3) is 0 Å². The average Bonchev–Trinajstić information content (AvgIpc) is 2.12. The molecule has 0 aromatic carbocycles. The summed E-state index contributed by atoms with van der Waals surface area (Å²) in [5.74, 6) is 2.90. The van der Waals surface area contributed by atoms with Crippen LogP contribution in [0.25, 0.3) is 0 Å². The quantitative estimate of drug-likeness (QED) is 0.614. The minimum atomic E-state index is -0.833. The summed E-state index contributed by atoms with van der Waals surface area (Å²) in [7, 11) is 0. The van der Waals surface area contributed by atoms with E-state index in [2.05, 4.69) is 28.5 Å². The van der Waals surface area contributed by atoms with Gasteiger partial charge in [-0.25, -0.2) is 0 Å². The van der Waals surface area contributed by atoms with Crippen LogP contribution in [-0.2, 0) is 0 Å². The van der Waals surface area contributed by atoms with E-state index in [1.807, 2.05) is 0 Å². The van der Waals surface area contributed by atoms with Gasteiger partial charge in [-0.15, -0.1) is 0 Å². The fourth-order valence-corrected chi connectivity index (χ4v) is 4.43. The third-order valence-electron chi connectivity index (χ3n) is 1.57. The van der Waals surface area contributed by atoms with E-state index in [0.717, 1.165) is 0 Å². The van der Waals surface area contributed by atoms with Crippen LogP contribution in [0.2, 0.25) is 0 Å². The first-order chi connectivity index (χ1) is 6.99. The molecule has 0 bridgehead atoms. The molecule has 0 aliphatic carbocycles. The van der Waals surface area contributed by atoms with Crippen LogP contribution in [-0.4, -0.2) is 37.9 Å². The Kier molecular flexibility index (Phi) is 8.77. The van der Waals surface area contributed by atoms with E-state index in [4.69, 9.17) is 0 Å². The third-order valence-corrected chi connectivity index (χ3v) is 4.80.